The minimum Gasteiger partial charge on any atom is -0.450 e. The predicted octanol–water partition coefficient (Wildman–Crippen LogP) is 3.17. The van der Waals surface area contributed by atoms with Crippen molar-refractivity contribution in [3.8, 4) is 0 Å². The molecule has 1 saturated heterocycles. The maximum Gasteiger partial charge on any atom is 0.409 e. The second kappa shape index (κ2) is 7.87. The summed E-state index contributed by atoms with van der Waals surface area (Å²) in [6.45, 7) is 6.32. The van der Waals surface area contributed by atoms with Crippen LogP contribution in [0.25, 0.3) is 0 Å². The van der Waals surface area contributed by atoms with Gasteiger partial charge in [-0.2, -0.15) is 0 Å². The quantitative estimate of drug-likeness (QED) is 0.861. The number of carbonyl (C=O) groups excluding carboxylic acids is 1. The maximum atomic E-state index is 11.7. The predicted molar refractivity (Wildman–Crippen MR) is 80.8 cm³/mol. The van der Waals surface area contributed by atoms with Gasteiger partial charge in [0, 0.05) is 25.2 Å². The van der Waals surface area contributed by atoms with Crippen molar-refractivity contribution in [2.24, 2.45) is 5.92 Å². The SMILES string of the molecule is CCOC(=O)N1CCC(N[C@@H](C)C2CCCCC2)CC1. The summed E-state index contributed by atoms with van der Waals surface area (Å²) in [4.78, 5) is 13.5. The first-order chi connectivity index (χ1) is 9.70. The van der Waals surface area contributed by atoms with Gasteiger partial charge < -0.3 is 15.0 Å². The van der Waals surface area contributed by atoms with Crippen LogP contribution in [0.5, 0.6) is 0 Å². The number of amides is 1. The number of nitrogens with zero attached hydrogens (tertiary/aromatic N) is 1. The molecule has 1 N–H and O–H groups in total. The standard InChI is InChI=1S/C16H30N2O2/c1-3-20-16(19)18-11-9-15(10-12-18)17-13(2)14-7-5-4-6-8-14/h13-15,17H,3-12H2,1-2H3/t13-/m0/s1. The third kappa shape index (κ3) is 4.37. The van der Waals surface area contributed by atoms with E-state index in [1.54, 1.807) is 0 Å². The Hall–Kier alpha value is -0.770. The molecule has 2 fully saturated rings. The van der Waals surface area contributed by atoms with Crippen LogP contribution in [0.15, 0.2) is 0 Å². The first kappa shape index (κ1) is 15.6. The van der Waals surface area contributed by atoms with Crippen LogP contribution in [0.2, 0.25) is 0 Å². The molecule has 1 aliphatic heterocycles. The van der Waals surface area contributed by atoms with Gasteiger partial charge in [0.15, 0.2) is 0 Å². The van der Waals surface area contributed by atoms with E-state index in [0.29, 0.717) is 18.7 Å². The number of piperidine rings is 1. The summed E-state index contributed by atoms with van der Waals surface area (Å²) in [6.07, 6.45) is 8.94. The molecule has 0 spiro atoms. The van der Waals surface area contributed by atoms with E-state index in [9.17, 15) is 4.79 Å². The maximum absolute atomic E-state index is 11.7. The second-order valence-electron chi connectivity index (χ2n) is 6.31. The van der Waals surface area contributed by atoms with E-state index in [2.05, 4.69) is 12.2 Å². The molecule has 0 aromatic carbocycles. The van der Waals surface area contributed by atoms with Crippen molar-refractivity contribution >= 4 is 6.09 Å². The average molecular weight is 282 g/mol. The zero-order valence-electron chi connectivity index (χ0n) is 13.1. The molecule has 0 aromatic rings. The van der Waals surface area contributed by atoms with E-state index in [1.807, 2.05) is 11.8 Å². The summed E-state index contributed by atoms with van der Waals surface area (Å²) in [5.41, 5.74) is 0. The van der Waals surface area contributed by atoms with Gasteiger partial charge in [-0.05, 0) is 45.4 Å². The molecule has 4 nitrogen and oxygen atoms in total. The second-order valence-corrected chi connectivity index (χ2v) is 6.31. The van der Waals surface area contributed by atoms with Gasteiger partial charge >= 0.3 is 6.09 Å². The third-order valence-corrected chi connectivity index (χ3v) is 4.88. The molecular formula is C16H30N2O2. The lowest BCUT2D eigenvalue weighted by atomic mass is 9.84. The Morgan fingerprint density at radius 1 is 1.20 bits per heavy atom. The first-order valence-corrected chi connectivity index (χ1v) is 8.38. The van der Waals surface area contributed by atoms with Crippen LogP contribution in [0.3, 0.4) is 0 Å². The van der Waals surface area contributed by atoms with E-state index in [4.69, 9.17) is 4.74 Å². The van der Waals surface area contributed by atoms with E-state index in [1.165, 1.54) is 32.1 Å². The number of carbonyl (C=O) groups is 1. The zero-order chi connectivity index (χ0) is 14.4. The topological polar surface area (TPSA) is 41.6 Å². The summed E-state index contributed by atoms with van der Waals surface area (Å²) < 4.78 is 5.06. The van der Waals surface area contributed by atoms with Crippen LogP contribution >= 0.6 is 0 Å². The third-order valence-electron chi connectivity index (χ3n) is 4.88. The fraction of sp³-hybridized carbons (Fsp3) is 0.938. The lowest BCUT2D eigenvalue weighted by Gasteiger charge is -2.36. The highest BCUT2D eigenvalue weighted by atomic mass is 16.6. The molecule has 0 aromatic heterocycles. The van der Waals surface area contributed by atoms with E-state index in [0.717, 1.165) is 31.8 Å². The molecule has 1 saturated carbocycles. The van der Waals surface area contributed by atoms with Gasteiger partial charge in [-0.15, -0.1) is 0 Å². The minimum atomic E-state index is -0.147. The molecule has 0 bridgehead atoms. The summed E-state index contributed by atoms with van der Waals surface area (Å²) in [5, 5.41) is 3.80. The Morgan fingerprint density at radius 2 is 1.85 bits per heavy atom. The van der Waals surface area contributed by atoms with Crippen molar-refractivity contribution in [3.63, 3.8) is 0 Å². The van der Waals surface area contributed by atoms with Crippen molar-refractivity contribution in [1.82, 2.24) is 10.2 Å². The van der Waals surface area contributed by atoms with E-state index >= 15 is 0 Å². The number of likely N-dealkylation sites (tertiary alicyclic amines) is 1. The summed E-state index contributed by atoms with van der Waals surface area (Å²) in [6, 6.07) is 1.19. The smallest absolute Gasteiger partial charge is 0.409 e. The molecule has 4 heteroatoms. The van der Waals surface area contributed by atoms with Gasteiger partial charge in [-0.25, -0.2) is 4.79 Å². The molecule has 2 rings (SSSR count). The van der Waals surface area contributed by atoms with Gasteiger partial charge in [-0.3, -0.25) is 0 Å². The van der Waals surface area contributed by atoms with Gasteiger partial charge in [0.25, 0.3) is 0 Å². The van der Waals surface area contributed by atoms with Gasteiger partial charge in [0.05, 0.1) is 6.61 Å². The Morgan fingerprint density at radius 3 is 2.45 bits per heavy atom. The van der Waals surface area contributed by atoms with Gasteiger partial charge in [0.2, 0.25) is 0 Å². The van der Waals surface area contributed by atoms with Gasteiger partial charge in [-0.1, -0.05) is 19.3 Å². The normalized spacial score (nSPS) is 23.6. The molecule has 20 heavy (non-hydrogen) atoms. The number of nitrogens with one attached hydrogen (secondary N) is 1. The molecule has 1 amide bonds. The number of rotatable bonds is 4. The largest absolute Gasteiger partial charge is 0.450 e. The number of ether oxygens (including phenoxy) is 1. The lowest BCUT2D eigenvalue weighted by molar-refractivity contribution is 0.0931. The molecule has 0 radical (unpaired) electrons. The van der Waals surface area contributed by atoms with Crippen LogP contribution in [-0.4, -0.2) is 42.8 Å². The fourth-order valence-electron chi connectivity index (χ4n) is 3.59. The van der Waals surface area contributed by atoms with Crippen LogP contribution < -0.4 is 5.32 Å². The molecule has 0 unspecified atom stereocenters. The van der Waals surface area contributed by atoms with E-state index in [-0.39, 0.29) is 6.09 Å². The number of hydrogen-bond acceptors (Lipinski definition) is 3. The summed E-state index contributed by atoms with van der Waals surface area (Å²) >= 11 is 0. The fourth-order valence-corrected chi connectivity index (χ4v) is 3.59. The Labute approximate surface area is 123 Å². The highest BCUT2D eigenvalue weighted by molar-refractivity contribution is 5.67. The molecule has 1 heterocycles. The monoisotopic (exact) mass is 282 g/mol. The van der Waals surface area contributed by atoms with Crippen molar-refractivity contribution in [2.45, 2.75) is 70.9 Å². The molecule has 116 valence electrons. The van der Waals surface area contributed by atoms with Crippen molar-refractivity contribution in [2.75, 3.05) is 19.7 Å². The molecule has 2 aliphatic rings. The molecular weight excluding hydrogens is 252 g/mol. The minimum absolute atomic E-state index is 0.147. The molecule has 1 atom stereocenters. The Balaban J connectivity index is 1.69. The molecule has 1 aliphatic carbocycles. The van der Waals surface area contributed by atoms with Crippen LogP contribution in [-0.2, 0) is 4.74 Å². The average Bonchev–Trinajstić information content (AvgIpc) is 2.49. The van der Waals surface area contributed by atoms with E-state index < -0.39 is 0 Å². The highest BCUT2D eigenvalue weighted by Gasteiger charge is 2.26. The first-order valence-electron chi connectivity index (χ1n) is 8.38. The Kier molecular flexibility index (Phi) is 6.14. The van der Waals surface area contributed by atoms with Crippen molar-refractivity contribution in [3.05, 3.63) is 0 Å². The lowest BCUT2D eigenvalue weighted by Crippen LogP contribution is -2.49. The number of hydrogen-bond donors (Lipinski definition) is 1. The Bertz CT molecular complexity index is 295. The van der Waals surface area contributed by atoms with Crippen molar-refractivity contribution in [1.29, 1.82) is 0 Å². The van der Waals surface area contributed by atoms with Crippen LogP contribution in [0.4, 0.5) is 4.79 Å². The van der Waals surface area contributed by atoms with Crippen LogP contribution in [0.1, 0.15) is 58.8 Å². The summed E-state index contributed by atoms with van der Waals surface area (Å²) in [5.74, 6) is 0.854. The summed E-state index contributed by atoms with van der Waals surface area (Å²) in [7, 11) is 0. The zero-order valence-corrected chi connectivity index (χ0v) is 13.1. The van der Waals surface area contributed by atoms with Gasteiger partial charge in [0.1, 0.15) is 0 Å². The van der Waals surface area contributed by atoms with Crippen molar-refractivity contribution < 1.29 is 9.53 Å². The van der Waals surface area contributed by atoms with Crippen LogP contribution in [0, 0.1) is 5.92 Å². The highest BCUT2D eigenvalue weighted by Crippen LogP contribution is 2.27.